The zero-order chi connectivity index (χ0) is 16.6. The lowest BCUT2D eigenvalue weighted by atomic mass is 9.88. The Labute approximate surface area is 138 Å². The van der Waals surface area contributed by atoms with E-state index in [9.17, 15) is 9.59 Å². The van der Waals surface area contributed by atoms with Gasteiger partial charge in [-0.05, 0) is 43.7 Å². The number of carboxylic acid groups (broad SMARTS) is 1. The molecule has 0 spiro atoms. The second-order valence-corrected chi connectivity index (χ2v) is 7.03. The number of nitrogens with one attached hydrogen (secondary N) is 1. The molecule has 122 valence electrons. The number of carbonyl (C=O) groups is 2. The molecule has 2 aromatic heterocycles. The van der Waals surface area contributed by atoms with Gasteiger partial charge in [0.2, 0.25) is 0 Å². The Bertz CT molecular complexity index is 759. The lowest BCUT2D eigenvalue weighted by molar-refractivity contribution is 0.0694. The van der Waals surface area contributed by atoms with Crippen LogP contribution in [0, 0.1) is 12.8 Å². The summed E-state index contributed by atoms with van der Waals surface area (Å²) in [7, 11) is 0. The van der Waals surface area contributed by atoms with E-state index >= 15 is 0 Å². The third-order valence-electron chi connectivity index (χ3n) is 4.27. The van der Waals surface area contributed by atoms with Gasteiger partial charge >= 0.3 is 5.97 Å². The van der Waals surface area contributed by atoms with E-state index in [1.165, 1.54) is 16.5 Å². The number of carboxylic acids is 1. The van der Waals surface area contributed by atoms with Gasteiger partial charge in [0.15, 0.2) is 0 Å². The number of hydrogen-bond donors (Lipinski definition) is 2. The van der Waals surface area contributed by atoms with E-state index in [2.05, 4.69) is 12.2 Å². The highest BCUT2D eigenvalue weighted by Gasteiger charge is 2.23. The van der Waals surface area contributed by atoms with Crippen molar-refractivity contribution in [2.45, 2.75) is 39.7 Å². The van der Waals surface area contributed by atoms with Crippen molar-refractivity contribution in [3.63, 3.8) is 0 Å². The van der Waals surface area contributed by atoms with Crippen LogP contribution in [0.2, 0.25) is 0 Å². The molecule has 0 fully saturated rings. The Balaban J connectivity index is 1.69. The Kier molecular flexibility index (Phi) is 4.26. The second-order valence-electron chi connectivity index (χ2n) is 6.07. The lowest BCUT2D eigenvalue weighted by Gasteiger charge is -2.18. The van der Waals surface area contributed by atoms with E-state index < -0.39 is 5.97 Å². The molecule has 2 heterocycles. The molecule has 5 nitrogen and oxygen atoms in total. The average Bonchev–Trinajstić information content (AvgIpc) is 3.07. The number of carbonyl (C=O) groups excluding carboxylic acids is 1. The number of rotatable bonds is 4. The molecule has 23 heavy (non-hydrogen) atoms. The normalized spacial score (nSPS) is 16.9. The minimum Gasteiger partial charge on any atom is -0.478 e. The van der Waals surface area contributed by atoms with E-state index in [0.717, 1.165) is 24.8 Å². The highest BCUT2D eigenvalue weighted by molar-refractivity contribution is 7.10. The van der Waals surface area contributed by atoms with Gasteiger partial charge in [0.05, 0.1) is 12.1 Å². The summed E-state index contributed by atoms with van der Waals surface area (Å²) in [4.78, 5) is 24.7. The quantitative estimate of drug-likeness (QED) is 0.899. The maximum Gasteiger partial charge on any atom is 0.339 e. The van der Waals surface area contributed by atoms with Crippen molar-refractivity contribution in [1.82, 2.24) is 5.32 Å². The number of fused-ring (bicyclic) bond motifs is 1. The molecule has 1 aliphatic carbocycles. The minimum atomic E-state index is -1.02. The molecule has 3 rings (SSSR count). The lowest BCUT2D eigenvalue weighted by Crippen LogP contribution is -2.24. The summed E-state index contributed by atoms with van der Waals surface area (Å²) in [6, 6.07) is 1.46. The SMILES string of the molecule is Cc1oc(CNC(=O)c2csc3c2CCC(C)C3)cc1C(=O)O. The van der Waals surface area contributed by atoms with Crippen LogP contribution in [0.25, 0.3) is 0 Å². The molecule has 2 N–H and O–H groups in total. The fourth-order valence-corrected chi connectivity index (χ4v) is 4.22. The fourth-order valence-electron chi connectivity index (χ4n) is 2.97. The number of amides is 1. The monoisotopic (exact) mass is 333 g/mol. The van der Waals surface area contributed by atoms with Gasteiger partial charge in [0, 0.05) is 10.3 Å². The Hall–Kier alpha value is -2.08. The Morgan fingerprint density at radius 3 is 2.91 bits per heavy atom. The van der Waals surface area contributed by atoms with Crippen molar-refractivity contribution >= 4 is 23.2 Å². The minimum absolute atomic E-state index is 0.122. The molecule has 0 radical (unpaired) electrons. The highest BCUT2D eigenvalue weighted by Crippen LogP contribution is 2.32. The molecule has 1 atom stereocenters. The molecule has 0 saturated heterocycles. The molecular weight excluding hydrogens is 314 g/mol. The summed E-state index contributed by atoms with van der Waals surface area (Å²) >= 11 is 1.65. The first-order valence-corrected chi connectivity index (χ1v) is 8.53. The first-order valence-electron chi connectivity index (χ1n) is 7.65. The number of thiophene rings is 1. The molecular formula is C17H19NO4S. The zero-order valence-electron chi connectivity index (χ0n) is 13.1. The van der Waals surface area contributed by atoms with Crippen LogP contribution < -0.4 is 5.32 Å². The van der Waals surface area contributed by atoms with Crippen LogP contribution >= 0.6 is 11.3 Å². The third-order valence-corrected chi connectivity index (χ3v) is 5.32. The molecule has 0 aliphatic heterocycles. The number of aryl methyl sites for hydroxylation is 1. The first kappa shape index (κ1) is 15.8. The maximum atomic E-state index is 12.4. The predicted octanol–water partition coefficient (Wildman–Crippen LogP) is 3.40. The summed E-state index contributed by atoms with van der Waals surface area (Å²) < 4.78 is 5.38. The largest absolute Gasteiger partial charge is 0.478 e. The molecule has 0 aromatic carbocycles. The van der Waals surface area contributed by atoms with Crippen LogP contribution in [0.3, 0.4) is 0 Å². The molecule has 1 unspecified atom stereocenters. The van der Waals surface area contributed by atoms with Gasteiger partial charge in [-0.1, -0.05) is 6.92 Å². The molecule has 1 amide bonds. The number of aromatic carboxylic acids is 1. The average molecular weight is 333 g/mol. The van der Waals surface area contributed by atoms with Gasteiger partial charge < -0.3 is 14.8 Å². The fraction of sp³-hybridized carbons (Fsp3) is 0.412. The van der Waals surface area contributed by atoms with Gasteiger partial charge in [0.1, 0.15) is 17.1 Å². The standard InChI is InChI=1S/C17H19NO4S/c1-9-3-4-12-14(8-23-15(12)5-9)16(19)18-7-11-6-13(17(20)21)10(2)22-11/h6,8-9H,3-5,7H2,1-2H3,(H,18,19)(H,20,21). The molecule has 0 saturated carbocycles. The third kappa shape index (κ3) is 3.17. The van der Waals surface area contributed by atoms with Crippen molar-refractivity contribution in [2.24, 2.45) is 5.92 Å². The van der Waals surface area contributed by atoms with Gasteiger partial charge in [-0.3, -0.25) is 4.79 Å². The summed E-state index contributed by atoms with van der Waals surface area (Å²) in [6.45, 7) is 4.03. The van der Waals surface area contributed by atoms with E-state index in [1.807, 2.05) is 5.38 Å². The van der Waals surface area contributed by atoms with Gasteiger partial charge in [0.25, 0.3) is 5.91 Å². The van der Waals surface area contributed by atoms with E-state index in [1.54, 1.807) is 18.3 Å². The van der Waals surface area contributed by atoms with Gasteiger partial charge in [-0.2, -0.15) is 0 Å². The number of hydrogen-bond acceptors (Lipinski definition) is 4. The van der Waals surface area contributed by atoms with Crippen LogP contribution in [0.5, 0.6) is 0 Å². The van der Waals surface area contributed by atoms with Gasteiger partial charge in [-0.25, -0.2) is 4.79 Å². The van der Waals surface area contributed by atoms with E-state index in [0.29, 0.717) is 17.4 Å². The van der Waals surface area contributed by atoms with E-state index in [-0.39, 0.29) is 18.0 Å². The zero-order valence-corrected chi connectivity index (χ0v) is 14.0. The Morgan fingerprint density at radius 1 is 1.43 bits per heavy atom. The summed E-state index contributed by atoms with van der Waals surface area (Å²) in [6.07, 6.45) is 3.11. The molecule has 2 aromatic rings. The van der Waals surface area contributed by atoms with Gasteiger partial charge in [-0.15, -0.1) is 11.3 Å². The summed E-state index contributed by atoms with van der Waals surface area (Å²) in [5.41, 5.74) is 2.06. The second kappa shape index (κ2) is 6.20. The van der Waals surface area contributed by atoms with Crippen molar-refractivity contribution < 1.29 is 19.1 Å². The smallest absolute Gasteiger partial charge is 0.339 e. The van der Waals surface area contributed by atoms with Crippen molar-refractivity contribution in [1.29, 1.82) is 0 Å². The Morgan fingerprint density at radius 2 is 2.22 bits per heavy atom. The predicted molar refractivity (Wildman–Crippen MR) is 87.1 cm³/mol. The van der Waals surface area contributed by atoms with Crippen LogP contribution in [0.15, 0.2) is 15.9 Å². The summed E-state index contributed by atoms with van der Waals surface area (Å²) in [5.74, 6) is 0.333. The maximum absolute atomic E-state index is 12.4. The highest BCUT2D eigenvalue weighted by atomic mass is 32.1. The van der Waals surface area contributed by atoms with Crippen molar-refractivity contribution in [3.05, 3.63) is 44.5 Å². The molecule has 1 aliphatic rings. The molecule has 0 bridgehead atoms. The first-order chi connectivity index (χ1) is 11.0. The topological polar surface area (TPSA) is 79.5 Å². The van der Waals surface area contributed by atoms with Crippen molar-refractivity contribution in [3.8, 4) is 0 Å². The summed E-state index contributed by atoms with van der Waals surface area (Å²) in [5, 5.41) is 13.8. The van der Waals surface area contributed by atoms with Crippen molar-refractivity contribution in [2.75, 3.05) is 0 Å². The molecule has 6 heteroatoms. The number of furan rings is 1. The van der Waals surface area contributed by atoms with Crippen LogP contribution in [0.1, 0.15) is 56.0 Å². The van der Waals surface area contributed by atoms with Crippen LogP contribution in [-0.2, 0) is 19.4 Å². The van der Waals surface area contributed by atoms with E-state index in [4.69, 9.17) is 9.52 Å². The van der Waals surface area contributed by atoms with Crippen LogP contribution in [-0.4, -0.2) is 17.0 Å². The van der Waals surface area contributed by atoms with Crippen LogP contribution in [0.4, 0.5) is 0 Å².